The summed E-state index contributed by atoms with van der Waals surface area (Å²) in [5.41, 5.74) is 2.33. The molecule has 1 N–H and O–H groups in total. The van der Waals surface area contributed by atoms with Crippen molar-refractivity contribution in [3.8, 4) is 0 Å². The Balaban J connectivity index is 2.04. The summed E-state index contributed by atoms with van der Waals surface area (Å²) in [5.74, 6) is -0.113. The van der Waals surface area contributed by atoms with E-state index in [1.54, 1.807) is 24.2 Å². The molecule has 0 aliphatic heterocycles. The zero-order valence-electron chi connectivity index (χ0n) is 12.1. The van der Waals surface area contributed by atoms with Crippen LogP contribution in [0.2, 0.25) is 5.02 Å². The lowest BCUT2D eigenvalue weighted by Gasteiger charge is -2.17. The number of hydrogen-bond donors (Lipinski definition) is 1. The van der Waals surface area contributed by atoms with E-state index in [0.29, 0.717) is 17.3 Å². The van der Waals surface area contributed by atoms with E-state index in [0.717, 1.165) is 17.8 Å². The fourth-order valence-corrected chi connectivity index (χ4v) is 2.22. The van der Waals surface area contributed by atoms with Gasteiger partial charge < -0.3 is 10.2 Å². The molecule has 0 spiro atoms. The summed E-state index contributed by atoms with van der Waals surface area (Å²) < 4.78 is 0. The number of amides is 1. The summed E-state index contributed by atoms with van der Waals surface area (Å²) in [6.07, 6.45) is 1.67. The molecule has 110 valence electrons. The van der Waals surface area contributed by atoms with Crippen molar-refractivity contribution < 1.29 is 4.79 Å². The second kappa shape index (κ2) is 7.09. The molecule has 1 amide bonds. The van der Waals surface area contributed by atoms with E-state index in [4.69, 9.17) is 11.6 Å². The molecule has 0 bridgehead atoms. The monoisotopic (exact) mass is 303 g/mol. The predicted molar refractivity (Wildman–Crippen MR) is 85.7 cm³/mol. The van der Waals surface area contributed by atoms with Crippen molar-refractivity contribution in [3.63, 3.8) is 0 Å². The second-order valence-corrected chi connectivity index (χ2v) is 5.19. The highest BCUT2D eigenvalue weighted by Crippen LogP contribution is 2.13. The third kappa shape index (κ3) is 4.20. The molecule has 21 heavy (non-hydrogen) atoms. The van der Waals surface area contributed by atoms with Crippen LogP contribution in [0.3, 0.4) is 0 Å². The fraction of sp³-hybridized carbons (Fsp3) is 0.250. The van der Waals surface area contributed by atoms with E-state index in [9.17, 15) is 4.79 Å². The van der Waals surface area contributed by atoms with Crippen molar-refractivity contribution in [1.29, 1.82) is 0 Å². The minimum absolute atomic E-state index is 0.113. The topological polar surface area (TPSA) is 45.2 Å². The lowest BCUT2D eigenvalue weighted by atomic mass is 10.2. The van der Waals surface area contributed by atoms with Gasteiger partial charge in [0.2, 0.25) is 0 Å². The van der Waals surface area contributed by atoms with E-state index in [-0.39, 0.29) is 5.91 Å². The van der Waals surface area contributed by atoms with Crippen molar-refractivity contribution in [1.82, 2.24) is 9.88 Å². The smallest absolute Gasteiger partial charge is 0.272 e. The Bertz CT molecular complexity index is 613. The molecule has 2 aromatic rings. The maximum Gasteiger partial charge on any atom is 0.272 e. The van der Waals surface area contributed by atoms with Crippen LogP contribution in [-0.4, -0.2) is 29.4 Å². The van der Waals surface area contributed by atoms with Crippen molar-refractivity contribution in [3.05, 3.63) is 58.9 Å². The van der Waals surface area contributed by atoms with Gasteiger partial charge in [-0.3, -0.25) is 4.79 Å². The van der Waals surface area contributed by atoms with Gasteiger partial charge in [0.15, 0.2) is 0 Å². The maximum atomic E-state index is 12.3. The first kappa shape index (κ1) is 15.3. The molecule has 2 rings (SSSR count). The van der Waals surface area contributed by atoms with Gasteiger partial charge in [-0.15, -0.1) is 0 Å². The molecule has 0 saturated heterocycles. The first-order valence-electron chi connectivity index (χ1n) is 6.80. The van der Waals surface area contributed by atoms with Crippen molar-refractivity contribution >= 4 is 23.2 Å². The van der Waals surface area contributed by atoms with Crippen molar-refractivity contribution in [2.75, 3.05) is 18.9 Å². The number of anilines is 1. The number of nitrogens with one attached hydrogen (secondary N) is 1. The number of rotatable bonds is 5. The first-order chi connectivity index (χ1) is 10.1. The molecular weight excluding hydrogens is 286 g/mol. The number of benzene rings is 1. The van der Waals surface area contributed by atoms with Gasteiger partial charge >= 0.3 is 0 Å². The minimum Gasteiger partial charge on any atom is -0.384 e. The number of carbonyl (C=O) groups excluding carboxylic acids is 1. The first-order valence-corrected chi connectivity index (χ1v) is 7.17. The number of hydrogen-bond acceptors (Lipinski definition) is 3. The molecule has 5 heteroatoms. The summed E-state index contributed by atoms with van der Waals surface area (Å²) in [6.45, 7) is 3.33. The van der Waals surface area contributed by atoms with Crippen LogP contribution < -0.4 is 5.32 Å². The molecular formula is C16H18ClN3O. The van der Waals surface area contributed by atoms with Crippen LogP contribution in [0.1, 0.15) is 23.0 Å². The fourth-order valence-electron chi connectivity index (χ4n) is 2.01. The third-order valence-corrected chi connectivity index (χ3v) is 3.25. The number of nitrogens with zero attached hydrogens (tertiary/aromatic N) is 2. The maximum absolute atomic E-state index is 12.3. The van der Waals surface area contributed by atoms with Gasteiger partial charge in [0.1, 0.15) is 5.69 Å². The van der Waals surface area contributed by atoms with Crippen LogP contribution in [0.4, 0.5) is 5.69 Å². The van der Waals surface area contributed by atoms with Crippen LogP contribution in [0.15, 0.2) is 42.6 Å². The molecule has 0 radical (unpaired) electrons. The van der Waals surface area contributed by atoms with Crippen molar-refractivity contribution in [2.45, 2.75) is 13.5 Å². The highest BCUT2D eigenvalue weighted by molar-refractivity contribution is 6.30. The molecule has 4 nitrogen and oxygen atoms in total. The molecule has 0 atom stereocenters. The van der Waals surface area contributed by atoms with E-state index >= 15 is 0 Å². The van der Waals surface area contributed by atoms with E-state index in [1.165, 1.54) is 0 Å². The number of aromatic nitrogens is 1. The van der Waals surface area contributed by atoms with Gasteiger partial charge in [0, 0.05) is 25.2 Å². The summed E-state index contributed by atoms with van der Waals surface area (Å²) in [7, 11) is 1.75. The highest BCUT2D eigenvalue weighted by Gasteiger charge is 2.13. The summed E-state index contributed by atoms with van der Waals surface area (Å²) in [6, 6.07) is 11.1. The molecule has 1 aromatic carbocycles. The number of halogens is 1. The average Bonchev–Trinajstić information content (AvgIpc) is 2.47. The third-order valence-electron chi connectivity index (χ3n) is 3.02. The van der Waals surface area contributed by atoms with E-state index < -0.39 is 0 Å². The van der Waals surface area contributed by atoms with Gasteiger partial charge in [-0.2, -0.15) is 0 Å². The summed E-state index contributed by atoms with van der Waals surface area (Å²) in [4.78, 5) is 18.1. The molecule has 0 saturated carbocycles. The second-order valence-electron chi connectivity index (χ2n) is 4.75. The largest absolute Gasteiger partial charge is 0.384 e. The zero-order chi connectivity index (χ0) is 15.2. The SMILES string of the molecule is CCNc1ccc(C(=O)N(C)Cc2cccc(Cl)c2)nc1. The molecule has 1 aromatic heterocycles. The molecule has 0 fully saturated rings. The highest BCUT2D eigenvalue weighted by atomic mass is 35.5. The standard InChI is InChI=1S/C16H18ClN3O/c1-3-18-14-7-8-15(19-10-14)16(21)20(2)11-12-5-4-6-13(17)9-12/h4-10,18H,3,11H2,1-2H3. The molecule has 0 unspecified atom stereocenters. The van der Waals surface area contributed by atoms with Crippen LogP contribution >= 0.6 is 11.6 Å². The van der Waals surface area contributed by atoms with E-state index in [1.807, 2.05) is 37.3 Å². The summed E-state index contributed by atoms with van der Waals surface area (Å²) in [5, 5.41) is 3.81. The molecule has 0 aliphatic carbocycles. The minimum atomic E-state index is -0.113. The normalized spacial score (nSPS) is 10.2. The van der Waals surface area contributed by atoms with Crippen LogP contribution in [0.5, 0.6) is 0 Å². The lowest BCUT2D eigenvalue weighted by Crippen LogP contribution is -2.27. The van der Waals surface area contributed by atoms with Crippen molar-refractivity contribution in [2.24, 2.45) is 0 Å². The molecule has 1 heterocycles. The Hall–Kier alpha value is -2.07. The van der Waals surface area contributed by atoms with E-state index in [2.05, 4.69) is 10.3 Å². The number of carbonyl (C=O) groups is 1. The van der Waals surface area contributed by atoms with Crippen LogP contribution in [-0.2, 0) is 6.54 Å². The van der Waals surface area contributed by atoms with Gasteiger partial charge in [-0.1, -0.05) is 23.7 Å². The van der Waals surface area contributed by atoms with Crippen LogP contribution in [0, 0.1) is 0 Å². The van der Waals surface area contributed by atoms with Gasteiger partial charge in [0.25, 0.3) is 5.91 Å². The average molecular weight is 304 g/mol. The predicted octanol–water partition coefficient (Wildman–Crippen LogP) is 3.44. The Morgan fingerprint density at radius 3 is 2.76 bits per heavy atom. The summed E-state index contributed by atoms with van der Waals surface area (Å²) >= 11 is 5.95. The molecule has 0 aliphatic rings. The zero-order valence-corrected chi connectivity index (χ0v) is 12.9. The van der Waals surface area contributed by atoms with Gasteiger partial charge in [0.05, 0.1) is 11.9 Å². The van der Waals surface area contributed by atoms with Crippen LogP contribution in [0.25, 0.3) is 0 Å². The quantitative estimate of drug-likeness (QED) is 0.920. The Morgan fingerprint density at radius 2 is 2.14 bits per heavy atom. The van der Waals surface area contributed by atoms with Gasteiger partial charge in [-0.05, 0) is 36.8 Å². The Kier molecular flexibility index (Phi) is 5.17. The number of pyridine rings is 1. The lowest BCUT2D eigenvalue weighted by molar-refractivity contribution is 0.0779. The Morgan fingerprint density at radius 1 is 1.33 bits per heavy atom. The van der Waals surface area contributed by atoms with Gasteiger partial charge in [-0.25, -0.2) is 4.98 Å². The Labute approximate surface area is 129 Å².